The Morgan fingerprint density at radius 3 is 1.37 bits per heavy atom. The predicted octanol–water partition coefficient (Wildman–Crippen LogP) is -5.71. The average molecular weight is 1310 g/mol. The lowest BCUT2D eigenvalue weighted by Gasteiger charge is -2.28. The molecular formula is C58H92N20O15. The fraction of sp³-hybridized carbons (Fsp3) is 0.569. The number of carbonyl (C=O) groups excluding carboxylic acids is 10. The molecule has 10 amide bonds. The third kappa shape index (κ3) is 28.6. The van der Waals surface area contributed by atoms with Gasteiger partial charge in [0.05, 0.1) is 25.3 Å². The normalized spacial score (nSPS) is 14.6. The molecule has 0 bridgehead atoms. The zero-order valence-corrected chi connectivity index (χ0v) is 52.6. The van der Waals surface area contributed by atoms with Crippen LogP contribution >= 0.6 is 0 Å². The highest BCUT2D eigenvalue weighted by Crippen LogP contribution is 2.12. The summed E-state index contributed by atoms with van der Waals surface area (Å²) in [6.07, 6.45) is 5.30. The number of aromatic nitrogens is 4. The molecule has 35 nitrogen and oxygen atoms in total. The summed E-state index contributed by atoms with van der Waals surface area (Å²) in [5.41, 5.74) is 29.5. The van der Waals surface area contributed by atoms with E-state index in [1.165, 1.54) is 52.7 Å². The molecule has 35 heteroatoms. The number of carboxylic acid groups (broad SMARTS) is 2. The van der Waals surface area contributed by atoms with Crippen molar-refractivity contribution in [3.05, 3.63) is 72.3 Å². The summed E-state index contributed by atoms with van der Waals surface area (Å²) in [6, 6.07) is -7.24. The van der Waals surface area contributed by atoms with Gasteiger partial charge in [-0.1, -0.05) is 44.2 Å². The third-order valence-electron chi connectivity index (χ3n) is 14.4. The van der Waals surface area contributed by atoms with Gasteiger partial charge in [-0.3, -0.25) is 57.7 Å². The van der Waals surface area contributed by atoms with Gasteiger partial charge in [-0.25, -0.2) is 14.8 Å². The lowest BCUT2D eigenvalue weighted by Crippen LogP contribution is -2.61. The van der Waals surface area contributed by atoms with Gasteiger partial charge in [0.15, 0.2) is 5.96 Å². The van der Waals surface area contributed by atoms with Crippen molar-refractivity contribution in [1.82, 2.24) is 73.1 Å². The number of aliphatic hydroxyl groups excluding tert-OH is 1. The smallest absolute Gasteiger partial charge is 0.326 e. The fourth-order valence-corrected chi connectivity index (χ4v) is 9.12. The van der Waals surface area contributed by atoms with Crippen LogP contribution in [0.3, 0.4) is 0 Å². The molecule has 0 fully saturated rings. The Labute approximate surface area is 537 Å². The van der Waals surface area contributed by atoms with Gasteiger partial charge >= 0.3 is 11.9 Å². The van der Waals surface area contributed by atoms with Crippen LogP contribution in [0.5, 0.6) is 0 Å². The number of nitrogens with one attached hydrogen (secondary N) is 12. The fourth-order valence-electron chi connectivity index (χ4n) is 9.12. The van der Waals surface area contributed by atoms with Crippen molar-refractivity contribution < 1.29 is 72.9 Å². The number of rotatable bonds is 44. The van der Waals surface area contributed by atoms with Crippen LogP contribution in [0.15, 0.2) is 60.4 Å². The number of hydrogen-bond acceptors (Lipinski definition) is 19. The number of aromatic amines is 2. The zero-order valence-electron chi connectivity index (χ0n) is 52.6. The highest BCUT2D eigenvalue weighted by atomic mass is 16.4. The molecular weight excluding hydrogens is 1220 g/mol. The van der Waals surface area contributed by atoms with Gasteiger partial charge in [-0.15, -0.1) is 0 Å². The van der Waals surface area contributed by atoms with Crippen molar-refractivity contribution in [3.8, 4) is 0 Å². The second-order valence-electron chi connectivity index (χ2n) is 22.5. The molecule has 0 saturated heterocycles. The number of amides is 10. The van der Waals surface area contributed by atoms with E-state index in [-0.39, 0.29) is 64.0 Å². The molecule has 93 heavy (non-hydrogen) atoms. The summed E-state index contributed by atoms with van der Waals surface area (Å²) in [6.45, 7) is 5.15. The average Bonchev–Trinajstić information content (AvgIpc) is 1.77. The predicted molar refractivity (Wildman–Crippen MR) is 336 cm³/mol. The maximum Gasteiger partial charge on any atom is 0.326 e. The number of aliphatic carboxylic acids is 2. The summed E-state index contributed by atoms with van der Waals surface area (Å²) in [5, 5.41) is 55.0. The SMILES string of the molecule is CC(C)[C@H](NC(=O)[C@H](CCC(=O)O)NC(=O)[C@H](CO)NC(=O)[C@H](CCCCN)NC(=O)[C@H](Cc1cnc[nH]1)NC(=O)[C@H](C)N)C(=O)N[C@@H](C)C(=O)N[C@@H](Cc1cnc[nH]1)C(=O)N[C@@H](CCCN=C(N)N)C(=O)N[C@@H](Cc1ccccc1)C(=O)N[C@@H](CCCCN)C(=O)O. The van der Waals surface area contributed by atoms with Crippen LogP contribution in [0.2, 0.25) is 0 Å². The van der Waals surface area contributed by atoms with Crippen LogP contribution in [0.4, 0.5) is 0 Å². The minimum Gasteiger partial charge on any atom is -0.481 e. The first-order valence-electron chi connectivity index (χ1n) is 30.5. The number of unbranched alkanes of at least 4 members (excludes halogenated alkanes) is 2. The topological polar surface area (TPSA) is 586 Å². The number of nitrogens with two attached hydrogens (primary N) is 5. The van der Waals surface area contributed by atoms with Gasteiger partial charge in [-0.05, 0) is 96.2 Å². The molecule has 25 N–H and O–H groups in total. The Balaban J connectivity index is 1.85. The van der Waals surface area contributed by atoms with E-state index in [2.05, 4.69) is 78.1 Å². The molecule has 0 spiro atoms. The number of aliphatic imine (C=N–C) groups is 1. The van der Waals surface area contributed by atoms with Crippen molar-refractivity contribution in [2.45, 2.75) is 178 Å². The standard InChI is InChI=1S/C58H92N20O15/c1-31(2)46(78-51(86)39(18-19-45(80)81)72-55(90)44(28-79)77-50(85)37(15-8-10-20-59)70-53(88)42(74-47(82)32(3)61)24-35-26-64-29-67-35)56(91)69-33(4)48(83)75-43(25-36-27-65-30-68-36)54(89)71-38(17-12-22-66-58(62)63)49(84)76-41(23-34-13-6-5-7-14-34)52(87)73-40(57(92)93)16-9-11-21-60/h5-7,13-14,26-27,29-33,37-44,46,79H,8-12,15-25,28,59-61H2,1-4H3,(H,64,67)(H,65,68)(H,69,91)(H,70,88)(H,71,89)(H,72,90)(H,73,87)(H,74,82)(H,75,83)(H,76,84)(H,77,85)(H,78,86)(H,80,81)(H,92,93)(H4,62,63,66)/t32-,33-,37-,38-,39-,40-,41-,42-,43-,44-,46-/m0/s1. The Bertz CT molecular complexity index is 2930. The van der Waals surface area contributed by atoms with Crippen molar-refractivity contribution in [2.24, 2.45) is 39.6 Å². The lowest BCUT2D eigenvalue weighted by atomic mass is 10.0. The van der Waals surface area contributed by atoms with Gasteiger partial charge in [0.2, 0.25) is 59.1 Å². The Morgan fingerprint density at radius 1 is 0.495 bits per heavy atom. The number of H-pyrrole nitrogens is 2. The van der Waals surface area contributed by atoms with E-state index in [0.29, 0.717) is 49.2 Å². The second-order valence-corrected chi connectivity index (χ2v) is 22.5. The molecule has 2 aromatic heterocycles. The van der Waals surface area contributed by atoms with Gasteiger partial charge in [0, 0.05) is 56.0 Å². The number of imidazole rings is 2. The van der Waals surface area contributed by atoms with Crippen LogP contribution in [0.25, 0.3) is 0 Å². The van der Waals surface area contributed by atoms with E-state index in [1.807, 2.05) is 0 Å². The molecule has 3 rings (SSSR count). The minimum absolute atomic E-state index is 0.00116. The molecule has 1 aromatic carbocycles. The Morgan fingerprint density at radius 2 is 0.914 bits per heavy atom. The molecule has 3 aromatic rings. The van der Waals surface area contributed by atoms with E-state index in [4.69, 9.17) is 28.7 Å². The van der Waals surface area contributed by atoms with E-state index >= 15 is 0 Å². The van der Waals surface area contributed by atoms with Crippen molar-refractivity contribution >= 4 is 77.0 Å². The lowest BCUT2D eigenvalue weighted by molar-refractivity contribution is -0.142. The minimum atomic E-state index is -1.81. The van der Waals surface area contributed by atoms with E-state index in [9.17, 15) is 72.9 Å². The van der Waals surface area contributed by atoms with Crippen molar-refractivity contribution in [2.75, 3.05) is 26.2 Å². The van der Waals surface area contributed by atoms with Crippen molar-refractivity contribution in [3.63, 3.8) is 0 Å². The second kappa shape index (κ2) is 41.0. The first-order valence-corrected chi connectivity index (χ1v) is 30.5. The number of hydrogen-bond donors (Lipinski definition) is 20. The third-order valence-corrected chi connectivity index (χ3v) is 14.4. The molecule has 0 saturated carbocycles. The number of aliphatic hydroxyl groups is 1. The van der Waals surface area contributed by atoms with Gasteiger partial charge in [-0.2, -0.15) is 0 Å². The molecule has 0 radical (unpaired) electrons. The number of carbonyl (C=O) groups is 12. The van der Waals surface area contributed by atoms with Crippen LogP contribution in [-0.2, 0) is 76.8 Å². The van der Waals surface area contributed by atoms with E-state index in [1.54, 1.807) is 30.3 Å². The first-order chi connectivity index (χ1) is 44.2. The van der Waals surface area contributed by atoms with Crippen molar-refractivity contribution in [1.29, 1.82) is 0 Å². The summed E-state index contributed by atoms with van der Waals surface area (Å²) in [5.74, 6) is -13.0. The Kier molecular flexibility index (Phi) is 34.2. The van der Waals surface area contributed by atoms with Gasteiger partial charge in [0.25, 0.3) is 0 Å². The maximum absolute atomic E-state index is 14.4. The van der Waals surface area contributed by atoms with Gasteiger partial charge < -0.3 is 107 Å². The largest absolute Gasteiger partial charge is 0.481 e. The van der Waals surface area contributed by atoms with Gasteiger partial charge in [0.1, 0.15) is 60.4 Å². The van der Waals surface area contributed by atoms with E-state index in [0.717, 1.165) is 0 Å². The Hall–Kier alpha value is -9.61. The maximum atomic E-state index is 14.4. The highest BCUT2D eigenvalue weighted by Gasteiger charge is 2.37. The van der Waals surface area contributed by atoms with Crippen LogP contribution in [-0.4, -0.2) is 205 Å². The molecule has 2 heterocycles. The van der Waals surface area contributed by atoms with Crippen LogP contribution in [0.1, 0.15) is 109 Å². The highest BCUT2D eigenvalue weighted by molar-refractivity contribution is 5.99. The number of guanidine groups is 1. The quantitative estimate of drug-likeness (QED) is 0.0142. The molecule has 11 atom stereocenters. The molecule has 514 valence electrons. The molecule has 0 aliphatic heterocycles. The monoisotopic (exact) mass is 1310 g/mol. The molecule has 0 aliphatic carbocycles. The number of benzene rings is 1. The van der Waals surface area contributed by atoms with Crippen LogP contribution in [0, 0.1) is 5.92 Å². The summed E-state index contributed by atoms with van der Waals surface area (Å²) in [4.78, 5) is 180. The summed E-state index contributed by atoms with van der Waals surface area (Å²) >= 11 is 0. The summed E-state index contributed by atoms with van der Waals surface area (Å²) < 4.78 is 0. The summed E-state index contributed by atoms with van der Waals surface area (Å²) in [7, 11) is 0. The van der Waals surface area contributed by atoms with Crippen LogP contribution < -0.4 is 81.8 Å². The van der Waals surface area contributed by atoms with E-state index < -0.39 is 163 Å². The zero-order chi connectivity index (χ0) is 69.2. The first kappa shape index (κ1) is 77.6. The number of nitrogens with zero attached hydrogens (tertiary/aromatic N) is 3. The molecule has 0 unspecified atom stereocenters. The molecule has 0 aliphatic rings. The number of carboxylic acids is 2.